The van der Waals surface area contributed by atoms with Crippen molar-refractivity contribution >= 4 is 22.4 Å². The maximum Gasteiger partial charge on any atom is 0.328 e. The summed E-state index contributed by atoms with van der Waals surface area (Å²) in [4.78, 5) is 19.4. The molecule has 0 spiro atoms. The number of nitrogens with zero attached hydrogens (tertiary/aromatic N) is 3. The topological polar surface area (TPSA) is 56.7 Å². The Balaban J connectivity index is 1.82. The van der Waals surface area contributed by atoms with Gasteiger partial charge in [0.25, 0.3) is 0 Å². The molecule has 0 amide bonds. The summed E-state index contributed by atoms with van der Waals surface area (Å²) in [6.45, 7) is 6.40. The third kappa shape index (κ3) is 3.54. The third-order valence-electron chi connectivity index (χ3n) is 2.90. The van der Waals surface area contributed by atoms with Gasteiger partial charge in [-0.2, -0.15) is 0 Å². The average molecular weight is 267 g/mol. The van der Waals surface area contributed by atoms with E-state index in [2.05, 4.69) is 14.8 Å². The Morgan fingerprint density at radius 3 is 2.78 bits per heavy atom. The van der Waals surface area contributed by atoms with Crippen LogP contribution < -0.4 is 4.90 Å². The van der Waals surface area contributed by atoms with Crippen LogP contribution in [0, 0.1) is 0 Å². The van der Waals surface area contributed by atoms with Crippen molar-refractivity contribution in [3.05, 3.63) is 23.2 Å². The quantitative estimate of drug-likeness (QED) is 0.833. The number of aliphatic carboxylic acids is 1. The van der Waals surface area contributed by atoms with E-state index in [1.165, 1.54) is 6.08 Å². The van der Waals surface area contributed by atoms with E-state index in [4.69, 9.17) is 5.11 Å². The van der Waals surface area contributed by atoms with E-state index in [0.717, 1.165) is 43.4 Å². The summed E-state index contributed by atoms with van der Waals surface area (Å²) >= 11 is 1.66. The summed E-state index contributed by atoms with van der Waals surface area (Å²) in [5, 5.41) is 11.7. The standard InChI is InChI=1S/C12H17N3O2S/c1-10(8-11(16)17)9-14-3-5-15(6-4-14)12-13-2-7-18-12/h2,7-8H,3-6,9H2,1H3,(H,16,17). The maximum absolute atomic E-state index is 10.5. The zero-order valence-corrected chi connectivity index (χ0v) is 11.2. The lowest BCUT2D eigenvalue weighted by Gasteiger charge is -2.34. The fraction of sp³-hybridized carbons (Fsp3) is 0.500. The van der Waals surface area contributed by atoms with Crippen LogP contribution in [0.4, 0.5) is 5.13 Å². The summed E-state index contributed by atoms with van der Waals surface area (Å²) in [7, 11) is 0. The maximum atomic E-state index is 10.5. The SMILES string of the molecule is CC(=CC(=O)O)CN1CCN(c2nccs2)CC1. The van der Waals surface area contributed by atoms with Crippen LogP contribution in [0.2, 0.25) is 0 Å². The Morgan fingerprint density at radius 1 is 1.50 bits per heavy atom. The Kier molecular flexibility index (Phi) is 4.33. The average Bonchev–Trinajstić information content (AvgIpc) is 2.82. The number of piperazine rings is 1. The van der Waals surface area contributed by atoms with Crippen LogP contribution >= 0.6 is 11.3 Å². The molecule has 5 nitrogen and oxygen atoms in total. The highest BCUT2D eigenvalue weighted by molar-refractivity contribution is 7.13. The number of hydrogen-bond acceptors (Lipinski definition) is 5. The van der Waals surface area contributed by atoms with Crippen molar-refractivity contribution in [2.75, 3.05) is 37.6 Å². The van der Waals surface area contributed by atoms with E-state index in [9.17, 15) is 4.79 Å². The van der Waals surface area contributed by atoms with Crippen LogP contribution in [0.15, 0.2) is 23.2 Å². The molecule has 0 radical (unpaired) electrons. The van der Waals surface area contributed by atoms with Gasteiger partial charge < -0.3 is 10.0 Å². The predicted octanol–water partition coefficient (Wildman–Crippen LogP) is 1.30. The molecule has 0 aromatic carbocycles. The predicted molar refractivity (Wildman–Crippen MR) is 72.2 cm³/mol. The van der Waals surface area contributed by atoms with Gasteiger partial charge in [-0.15, -0.1) is 11.3 Å². The highest BCUT2D eigenvalue weighted by atomic mass is 32.1. The minimum Gasteiger partial charge on any atom is -0.478 e. The number of rotatable bonds is 4. The molecule has 0 atom stereocenters. The number of carbonyl (C=O) groups is 1. The lowest BCUT2D eigenvalue weighted by atomic mass is 10.2. The molecule has 0 aliphatic carbocycles. The second-order valence-corrected chi connectivity index (χ2v) is 5.28. The fourth-order valence-corrected chi connectivity index (χ4v) is 2.78. The lowest BCUT2D eigenvalue weighted by Crippen LogP contribution is -2.46. The Labute approximate surface area is 110 Å². The largest absolute Gasteiger partial charge is 0.478 e. The zero-order valence-electron chi connectivity index (χ0n) is 10.4. The number of carboxylic acids is 1. The molecule has 6 heteroatoms. The molecule has 2 heterocycles. The molecular formula is C12H17N3O2S. The number of hydrogen-bond donors (Lipinski definition) is 1. The first-order valence-corrected chi connectivity index (χ1v) is 6.80. The molecule has 1 aliphatic rings. The van der Waals surface area contributed by atoms with Crippen molar-refractivity contribution in [3.8, 4) is 0 Å². The van der Waals surface area contributed by atoms with E-state index >= 15 is 0 Å². The Bertz CT molecular complexity index is 423. The first-order valence-electron chi connectivity index (χ1n) is 5.92. The molecule has 1 aliphatic heterocycles. The lowest BCUT2D eigenvalue weighted by molar-refractivity contribution is -0.131. The van der Waals surface area contributed by atoms with Gasteiger partial charge in [0.15, 0.2) is 5.13 Å². The van der Waals surface area contributed by atoms with E-state index < -0.39 is 5.97 Å². The molecule has 0 unspecified atom stereocenters. The third-order valence-corrected chi connectivity index (χ3v) is 3.74. The summed E-state index contributed by atoms with van der Waals surface area (Å²) < 4.78 is 0. The van der Waals surface area contributed by atoms with Crippen molar-refractivity contribution in [1.82, 2.24) is 9.88 Å². The van der Waals surface area contributed by atoms with Gasteiger partial charge >= 0.3 is 5.97 Å². The van der Waals surface area contributed by atoms with Gasteiger partial charge in [-0.3, -0.25) is 4.90 Å². The molecule has 1 aromatic heterocycles. The van der Waals surface area contributed by atoms with E-state index in [1.807, 2.05) is 18.5 Å². The number of thiazole rings is 1. The zero-order chi connectivity index (χ0) is 13.0. The van der Waals surface area contributed by atoms with Crippen molar-refractivity contribution in [2.24, 2.45) is 0 Å². The molecule has 0 saturated carbocycles. The molecule has 0 bridgehead atoms. The normalized spacial score (nSPS) is 18.1. The van der Waals surface area contributed by atoms with Crippen LogP contribution in [0.25, 0.3) is 0 Å². The monoisotopic (exact) mass is 267 g/mol. The summed E-state index contributed by atoms with van der Waals surface area (Å²) in [5.41, 5.74) is 0.894. The van der Waals surface area contributed by atoms with Crippen molar-refractivity contribution in [1.29, 1.82) is 0 Å². The van der Waals surface area contributed by atoms with Gasteiger partial charge in [0, 0.05) is 50.4 Å². The number of aromatic nitrogens is 1. The molecule has 1 fully saturated rings. The van der Waals surface area contributed by atoms with Gasteiger partial charge in [0.05, 0.1) is 0 Å². The molecule has 1 saturated heterocycles. The molecule has 18 heavy (non-hydrogen) atoms. The highest BCUT2D eigenvalue weighted by Crippen LogP contribution is 2.19. The minimum atomic E-state index is -0.867. The first kappa shape index (κ1) is 13.0. The van der Waals surface area contributed by atoms with Gasteiger partial charge in [0.1, 0.15) is 0 Å². The van der Waals surface area contributed by atoms with Crippen LogP contribution in [0.3, 0.4) is 0 Å². The van der Waals surface area contributed by atoms with Gasteiger partial charge in [-0.25, -0.2) is 9.78 Å². The van der Waals surface area contributed by atoms with Crippen molar-refractivity contribution < 1.29 is 9.90 Å². The molecular weight excluding hydrogens is 250 g/mol. The van der Waals surface area contributed by atoms with Crippen LogP contribution in [-0.4, -0.2) is 53.7 Å². The molecule has 1 N–H and O–H groups in total. The second-order valence-electron chi connectivity index (χ2n) is 4.41. The highest BCUT2D eigenvalue weighted by Gasteiger charge is 2.18. The van der Waals surface area contributed by atoms with E-state index in [1.54, 1.807) is 11.3 Å². The number of carboxylic acid groups (broad SMARTS) is 1. The summed E-state index contributed by atoms with van der Waals surface area (Å²) in [5.74, 6) is -0.867. The van der Waals surface area contributed by atoms with E-state index in [-0.39, 0.29) is 0 Å². The first-order chi connectivity index (χ1) is 8.65. The number of anilines is 1. The fourth-order valence-electron chi connectivity index (χ4n) is 2.08. The smallest absolute Gasteiger partial charge is 0.328 e. The second kappa shape index (κ2) is 5.97. The summed E-state index contributed by atoms with van der Waals surface area (Å²) in [6.07, 6.45) is 3.11. The molecule has 98 valence electrons. The van der Waals surface area contributed by atoms with Crippen LogP contribution in [0.1, 0.15) is 6.92 Å². The van der Waals surface area contributed by atoms with Gasteiger partial charge in [-0.05, 0) is 6.92 Å². The van der Waals surface area contributed by atoms with Crippen molar-refractivity contribution in [2.45, 2.75) is 6.92 Å². The van der Waals surface area contributed by atoms with Gasteiger partial charge in [-0.1, -0.05) is 5.57 Å². The van der Waals surface area contributed by atoms with Crippen LogP contribution in [0.5, 0.6) is 0 Å². The Hall–Kier alpha value is -1.40. The molecule has 1 aromatic rings. The van der Waals surface area contributed by atoms with Gasteiger partial charge in [0.2, 0.25) is 0 Å². The Morgan fingerprint density at radius 2 is 2.22 bits per heavy atom. The molecule has 2 rings (SSSR count). The van der Waals surface area contributed by atoms with Crippen molar-refractivity contribution in [3.63, 3.8) is 0 Å². The van der Waals surface area contributed by atoms with Crippen LogP contribution in [-0.2, 0) is 4.79 Å². The minimum absolute atomic E-state index is 0.734. The van der Waals surface area contributed by atoms with E-state index in [0.29, 0.717) is 0 Å². The summed E-state index contributed by atoms with van der Waals surface area (Å²) in [6, 6.07) is 0.